The first-order valence-corrected chi connectivity index (χ1v) is 16.2. The molecule has 0 unspecified atom stereocenters. The summed E-state index contributed by atoms with van der Waals surface area (Å²) in [6.45, 7) is 7.99. The molecule has 3 amide bonds. The van der Waals surface area contributed by atoms with Crippen LogP contribution in [0.5, 0.6) is 5.75 Å². The Kier molecular flexibility index (Phi) is 9.34. The first-order valence-electron chi connectivity index (χ1n) is 15.1. The first-order chi connectivity index (χ1) is 22.3. The Hall–Kier alpha value is -4.71. The van der Waals surface area contributed by atoms with Crippen LogP contribution in [0.15, 0.2) is 79.0 Å². The van der Waals surface area contributed by atoms with E-state index in [1.165, 1.54) is 16.2 Å². The lowest BCUT2D eigenvalue weighted by Crippen LogP contribution is -2.46. The number of nitrogens with one attached hydrogen (secondary N) is 2. The van der Waals surface area contributed by atoms with Gasteiger partial charge in [0.1, 0.15) is 18.2 Å². The number of nitrogens with zero attached hydrogens (tertiary/aromatic N) is 5. The maximum Gasteiger partial charge on any atom is 0.330 e. The van der Waals surface area contributed by atoms with Gasteiger partial charge in [-0.15, -0.1) is 11.3 Å². The highest BCUT2D eigenvalue weighted by molar-refractivity contribution is 7.20. The van der Waals surface area contributed by atoms with E-state index in [2.05, 4.69) is 39.3 Å². The molecule has 3 aromatic carbocycles. The minimum atomic E-state index is -0.307. The largest absolute Gasteiger partial charge is 0.492 e. The van der Waals surface area contributed by atoms with E-state index in [0.29, 0.717) is 39.6 Å². The molecule has 6 rings (SSSR count). The van der Waals surface area contributed by atoms with Gasteiger partial charge in [-0.2, -0.15) is 4.98 Å². The third kappa shape index (κ3) is 6.76. The second kappa shape index (κ2) is 13.7. The van der Waals surface area contributed by atoms with E-state index in [1.54, 1.807) is 36.3 Å². The quantitative estimate of drug-likeness (QED) is 0.151. The van der Waals surface area contributed by atoms with Crippen LogP contribution in [0.2, 0.25) is 5.02 Å². The lowest BCUT2D eigenvalue weighted by atomic mass is 10.2. The number of carbonyl (C=O) groups is 2. The minimum Gasteiger partial charge on any atom is -0.492 e. The molecule has 1 aliphatic heterocycles. The van der Waals surface area contributed by atoms with Crippen LogP contribution in [0, 0.1) is 0 Å². The number of carbonyl (C=O) groups excluding carboxylic acids is 2. The molecule has 2 aromatic heterocycles. The zero-order valence-corrected chi connectivity index (χ0v) is 27.4. The van der Waals surface area contributed by atoms with Crippen LogP contribution in [-0.2, 0) is 6.54 Å². The number of hydrogen-bond acceptors (Lipinski definition) is 8. The van der Waals surface area contributed by atoms with Gasteiger partial charge in [0, 0.05) is 41.4 Å². The van der Waals surface area contributed by atoms with Crippen molar-refractivity contribution in [1.29, 1.82) is 0 Å². The van der Waals surface area contributed by atoms with Gasteiger partial charge in [0.2, 0.25) is 5.95 Å². The van der Waals surface area contributed by atoms with Gasteiger partial charge in [0.15, 0.2) is 0 Å². The lowest BCUT2D eigenvalue weighted by Gasteiger charge is -2.34. The summed E-state index contributed by atoms with van der Waals surface area (Å²) in [6, 6.07) is 22.1. The van der Waals surface area contributed by atoms with Crippen LogP contribution in [0.25, 0.3) is 10.1 Å². The molecule has 5 aromatic rings. The van der Waals surface area contributed by atoms with Crippen molar-refractivity contribution in [3.63, 3.8) is 0 Å². The van der Waals surface area contributed by atoms with Crippen LogP contribution >= 0.6 is 22.9 Å². The number of thiophene rings is 1. The average Bonchev–Trinajstić information content (AvgIpc) is 3.52. The Morgan fingerprint density at radius 1 is 1.04 bits per heavy atom. The normalized spacial score (nSPS) is 12.8. The van der Waals surface area contributed by atoms with Crippen LogP contribution in [0.4, 0.5) is 33.6 Å². The molecule has 0 saturated heterocycles. The molecular weight excluding hydrogens is 622 g/mol. The van der Waals surface area contributed by atoms with E-state index in [9.17, 15) is 9.59 Å². The summed E-state index contributed by atoms with van der Waals surface area (Å²) >= 11 is 8.01. The number of urea groups is 1. The lowest BCUT2D eigenvalue weighted by molar-refractivity contribution is 0.103. The third-order valence-electron chi connectivity index (χ3n) is 7.83. The summed E-state index contributed by atoms with van der Waals surface area (Å²) in [7, 11) is 1.66. The minimum absolute atomic E-state index is 0.214. The maximum atomic E-state index is 13.6. The molecule has 0 aliphatic carbocycles. The zero-order valence-electron chi connectivity index (χ0n) is 25.8. The van der Waals surface area contributed by atoms with Crippen LogP contribution in [0.3, 0.4) is 0 Å². The summed E-state index contributed by atoms with van der Waals surface area (Å²) in [5.41, 5.74) is 2.54. The van der Waals surface area contributed by atoms with Gasteiger partial charge in [0.25, 0.3) is 5.91 Å². The molecule has 3 heterocycles. The predicted octanol–water partition coefficient (Wildman–Crippen LogP) is 7.64. The van der Waals surface area contributed by atoms with E-state index in [-0.39, 0.29) is 18.5 Å². The highest BCUT2D eigenvalue weighted by Crippen LogP contribution is 2.36. The Morgan fingerprint density at radius 3 is 2.57 bits per heavy atom. The van der Waals surface area contributed by atoms with Gasteiger partial charge in [-0.3, -0.25) is 14.6 Å². The number of likely N-dealkylation sites (N-methyl/N-ethyl adjacent to an activating group) is 1. The molecule has 12 heteroatoms. The van der Waals surface area contributed by atoms with E-state index in [4.69, 9.17) is 16.3 Å². The third-order valence-corrected chi connectivity index (χ3v) is 9.27. The molecule has 0 saturated carbocycles. The molecule has 1 aliphatic rings. The average molecular weight is 656 g/mol. The predicted molar refractivity (Wildman–Crippen MR) is 186 cm³/mol. The smallest absolute Gasteiger partial charge is 0.330 e. The summed E-state index contributed by atoms with van der Waals surface area (Å²) < 4.78 is 6.92. The Bertz CT molecular complexity index is 1840. The Labute approximate surface area is 276 Å². The van der Waals surface area contributed by atoms with Crippen molar-refractivity contribution >= 4 is 73.8 Å². The van der Waals surface area contributed by atoms with Gasteiger partial charge in [-0.25, -0.2) is 9.78 Å². The number of ether oxygens (including phenoxy) is 1. The number of halogens is 1. The second-order valence-corrected chi connectivity index (χ2v) is 12.3. The van der Waals surface area contributed by atoms with Crippen molar-refractivity contribution in [2.24, 2.45) is 0 Å². The molecule has 0 bridgehead atoms. The van der Waals surface area contributed by atoms with Crippen molar-refractivity contribution in [1.82, 2.24) is 14.9 Å². The molecule has 0 atom stereocenters. The number of aromatic nitrogens is 2. The Balaban J connectivity index is 1.13. The Morgan fingerprint density at radius 2 is 1.80 bits per heavy atom. The summed E-state index contributed by atoms with van der Waals surface area (Å²) in [5, 5.41) is 7.55. The van der Waals surface area contributed by atoms with Gasteiger partial charge in [-0.1, -0.05) is 43.6 Å². The molecule has 0 fully saturated rings. The SMILES string of the molecule is CCN(CC)CCOc1ccc(Nc2ncc3c(n2)N(C)C(=O)N(c2cc(NC(=O)c4cc5ccccc5s4)ccc2Cl)C3)cc1. The highest BCUT2D eigenvalue weighted by atomic mass is 35.5. The standard InChI is InChI=1S/C34H34ClN7O3S/c1-4-41(5-2)16-17-45-26-13-10-24(11-14-26)38-33-36-20-23-21-42(34(44)40(3)31(23)39-33)28-19-25(12-15-27(28)35)37-32(43)30-18-22-8-6-7-9-29(22)46-30/h6-15,18-20H,4-5,16-17,21H2,1-3H3,(H,37,43)(H,36,38,39). The van der Waals surface area contributed by atoms with Crippen LogP contribution in [-0.4, -0.2) is 60.1 Å². The molecule has 2 N–H and O–H groups in total. The number of fused-ring (bicyclic) bond motifs is 2. The molecule has 236 valence electrons. The van der Waals surface area contributed by atoms with Gasteiger partial charge in [0.05, 0.1) is 22.1 Å². The maximum absolute atomic E-state index is 13.6. The van der Waals surface area contributed by atoms with Gasteiger partial charge in [-0.05, 0) is 73.1 Å². The molecule has 10 nitrogen and oxygen atoms in total. The summed E-state index contributed by atoms with van der Waals surface area (Å²) in [4.78, 5) is 41.7. The topological polar surface area (TPSA) is 103 Å². The van der Waals surface area contributed by atoms with Crippen LogP contribution in [0.1, 0.15) is 29.1 Å². The van der Waals surface area contributed by atoms with Crippen molar-refractivity contribution in [3.8, 4) is 5.75 Å². The van der Waals surface area contributed by atoms with Gasteiger partial charge >= 0.3 is 6.03 Å². The van der Waals surface area contributed by atoms with Crippen molar-refractivity contribution in [3.05, 3.63) is 94.5 Å². The number of hydrogen-bond donors (Lipinski definition) is 2. The molecular formula is C34H34ClN7O3S. The van der Waals surface area contributed by atoms with Gasteiger partial charge < -0.3 is 20.3 Å². The van der Waals surface area contributed by atoms with E-state index in [1.807, 2.05) is 54.6 Å². The molecule has 0 radical (unpaired) electrons. The summed E-state index contributed by atoms with van der Waals surface area (Å²) in [5.74, 6) is 1.43. The fourth-order valence-corrected chi connectivity index (χ4v) is 6.42. The number of anilines is 5. The number of amides is 3. The zero-order chi connectivity index (χ0) is 32.2. The fraction of sp³-hybridized carbons (Fsp3) is 0.235. The van der Waals surface area contributed by atoms with Crippen molar-refractivity contribution in [2.45, 2.75) is 20.4 Å². The first kappa shape index (κ1) is 31.3. The summed E-state index contributed by atoms with van der Waals surface area (Å²) in [6.07, 6.45) is 1.70. The monoisotopic (exact) mass is 655 g/mol. The van der Waals surface area contributed by atoms with Crippen molar-refractivity contribution < 1.29 is 14.3 Å². The van der Waals surface area contributed by atoms with E-state index in [0.717, 1.165) is 46.7 Å². The second-order valence-electron chi connectivity index (χ2n) is 10.8. The fourth-order valence-electron chi connectivity index (χ4n) is 5.24. The highest BCUT2D eigenvalue weighted by Gasteiger charge is 2.32. The molecule has 0 spiro atoms. The van der Waals surface area contributed by atoms with Crippen LogP contribution < -0.4 is 25.2 Å². The number of rotatable bonds is 11. The van der Waals surface area contributed by atoms with E-state index >= 15 is 0 Å². The van der Waals surface area contributed by atoms with E-state index < -0.39 is 0 Å². The van der Waals surface area contributed by atoms with Crippen molar-refractivity contribution in [2.75, 3.05) is 53.7 Å². The molecule has 46 heavy (non-hydrogen) atoms. The number of benzene rings is 3.